The Morgan fingerprint density at radius 3 is 2.26 bits per heavy atom. The van der Waals surface area contributed by atoms with Crippen LogP contribution in [0.25, 0.3) is 0 Å². The molecule has 0 saturated carbocycles. The van der Waals surface area contributed by atoms with Gasteiger partial charge in [-0.25, -0.2) is 0 Å². The van der Waals surface area contributed by atoms with E-state index in [1.807, 2.05) is 19.9 Å². The molecule has 14 heteroatoms. The summed E-state index contributed by atoms with van der Waals surface area (Å²) in [5.74, 6) is -0.760. The van der Waals surface area contributed by atoms with Crippen LogP contribution in [0.15, 0.2) is 42.5 Å². The summed E-state index contributed by atoms with van der Waals surface area (Å²) in [4.78, 5) is 26.5. The highest BCUT2D eigenvalue weighted by Crippen LogP contribution is 2.31. The molecule has 0 fully saturated rings. The number of carbonyl (C=O) groups excluding carboxylic acids is 2. The van der Waals surface area contributed by atoms with Crippen molar-refractivity contribution < 1.29 is 32.4 Å². The lowest BCUT2D eigenvalue weighted by Gasteiger charge is -2.21. The Morgan fingerprint density at radius 2 is 1.69 bits per heavy atom. The monoisotopic (exact) mass is 594 g/mol. The molecule has 1 aliphatic heterocycles. The van der Waals surface area contributed by atoms with Crippen molar-refractivity contribution in [3.63, 3.8) is 0 Å². The Bertz CT molecular complexity index is 1160. The Morgan fingerprint density at radius 1 is 1.07 bits per heavy atom. The molecule has 1 atom stereocenters. The van der Waals surface area contributed by atoms with Gasteiger partial charge in [-0.1, -0.05) is 23.8 Å². The standard InChI is InChI=1S/C20H35BN6O4.C8H7F3/c1-20(2)15-6-5-14(12-16(15)21(30)31-20)26-18(28)13-25-19(29)17(24)4-3-9-27(10-7-22)11-8-23;1-6-2-4-7(5-3-6)8(9,10)11/h5-6,12,17,30H,3-4,7-11,13,22-24H2,1-2H3,(H,25,29)(H,26,28);2-5H,1H3. The maximum absolute atomic E-state index is 12.2. The van der Waals surface area contributed by atoms with Gasteiger partial charge >= 0.3 is 13.3 Å². The Kier molecular flexibility index (Phi) is 13.4. The molecule has 1 aliphatic rings. The van der Waals surface area contributed by atoms with Crippen molar-refractivity contribution in [3.05, 3.63) is 59.2 Å². The molecular weight excluding hydrogens is 552 g/mol. The summed E-state index contributed by atoms with van der Waals surface area (Å²) in [5, 5.41) is 15.3. The third-order valence-electron chi connectivity index (χ3n) is 6.68. The van der Waals surface area contributed by atoms with Crippen LogP contribution in [0, 0.1) is 6.92 Å². The number of benzene rings is 2. The minimum Gasteiger partial charge on any atom is -0.423 e. The average Bonchev–Trinajstić information content (AvgIpc) is 3.14. The quantitative estimate of drug-likeness (QED) is 0.198. The van der Waals surface area contributed by atoms with Crippen molar-refractivity contribution in [2.75, 3.05) is 44.6 Å². The molecule has 1 heterocycles. The van der Waals surface area contributed by atoms with Crippen LogP contribution in [0.1, 0.15) is 43.4 Å². The van der Waals surface area contributed by atoms with Crippen molar-refractivity contribution in [3.8, 4) is 0 Å². The van der Waals surface area contributed by atoms with Crippen LogP contribution in [0.3, 0.4) is 0 Å². The van der Waals surface area contributed by atoms with E-state index >= 15 is 0 Å². The van der Waals surface area contributed by atoms with E-state index in [1.54, 1.807) is 19.1 Å². The normalized spacial score (nSPS) is 14.6. The summed E-state index contributed by atoms with van der Waals surface area (Å²) < 4.78 is 41.3. The molecule has 232 valence electrons. The fourth-order valence-corrected chi connectivity index (χ4v) is 4.41. The number of hydrogen-bond donors (Lipinski definition) is 6. The van der Waals surface area contributed by atoms with E-state index < -0.39 is 30.5 Å². The fraction of sp³-hybridized carbons (Fsp3) is 0.500. The number of nitrogens with two attached hydrogens (primary N) is 3. The summed E-state index contributed by atoms with van der Waals surface area (Å²) >= 11 is 0. The first-order valence-electron chi connectivity index (χ1n) is 13.8. The summed E-state index contributed by atoms with van der Waals surface area (Å²) in [6, 6.07) is 9.58. The number of aryl methyl sites for hydroxylation is 1. The number of hydrogen-bond acceptors (Lipinski definition) is 8. The van der Waals surface area contributed by atoms with Crippen molar-refractivity contribution >= 4 is 30.1 Å². The van der Waals surface area contributed by atoms with Crippen molar-refractivity contribution in [1.82, 2.24) is 10.2 Å². The second kappa shape index (κ2) is 16.0. The van der Waals surface area contributed by atoms with Gasteiger partial charge in [0.25, 0.3) is 0 Å². The Labute approximate surface area is 245 Å². The fourth-order valence-electron chi connectivity index (χ4n) is 4.41. The summed E-state index contributed by atoms with van der Waals surface area (Å²) in [5.41, 5.74) is 18.7. The van der Waals surface area contributed by atoms with E-state index in [1.165, 1.54) is 12.1 Å². The number of amides is 2. The highest BCUT2D eigenvalue weighted by molar-refractivity contribution is 6.62. The Hall–Kier alpha value is -3.01. The van der Waals surface area contributed by atoms with Crippen molar-refractivity contribution in [2.45, 2.75) is 51.4 Å². The third-order valence-corrected chi connectivity index (χ3v) is 6.68. The molecule has 1 unspecified atom stereocenters. The largest absolute Gasteiger partial charge is 0.492 e. The minimum atomic E-state index is -4.21. The number of rotatable bonds is 12. The maximum atomic E-state index is 12.2. The number of carbonyl (C=O) groups is 2. The van der Waals surface area contributed by atoms with Crippen LogP contribution >= 0.6 is 0 Å². The summed E-state index contributed by atoms with van der Waals surface area (Å²) in [6.07, 6.45) is -2.98. The highest BCUT2D eigenvalue weighted by Gasteiger charge is 2.40. The predicted octanol–water partition coefficient (Wildman–Crippen LogP) is 1.03. The molecule has 42 heavy (non-hydrogen) atoms. The topological polar surface area (TPSA) is 169 Å². The smallest absolute Gasteiger partial charge is 0.423 e. The van der Waals surface area contributed by atoms with Gasteiger partial charge in [0.1, 0.15) is 0 Å². The van der Waals surface area contributed by atoms with Crippen molar-refractivity contribution in [1.29, 1.82) is 0 Å². The zero-order valence-electron chi connectivity index (χ0n) is 24.3. The minimum absolute atomic E-state index is 0.194. The predicted molar refractivity (Wildman–Crippen MR) is 158 cm³/mol. The maximum Gasteiger partial charge on any atom is 0.492 e. The van der Waals surface area contributed by atoms with E-state index in [9.17, 15) is 27.8 Å². The molecule has 0 radical (unpaired) electrons. The van der Waals surface area contributed by atoms with E-state index in [0.29, 0.717) is 30.7 Å². The molecule has 2 aromatic carbocycles. The molecule has 0 saturated heterocycles. The van der Waals surface area contributed by atoms with Gasteiger partial charge in [0.05, 0.1) is 23.8 Å². The third kappa shape index (κ3) is 11.0. The van der Waals surface area contributed by atoms with E-state index in [4.69, 9.17) is 21.9 Å². The first-order chi connectivity index (χ1) is 19.7. The molecular formula is C28H42BF3N6O4. The number of anilines is 1. The summed E-state index contributed by atoms with van der Waals surface area (Å²) in [6.45, 7) is 8.66. The average molecular weight is 594 g/mol. The molecule has 0 spiro atoms. The SMILES string of the molecule is CC1(C)OB(O)c2cc(NC(=O)CNC(=O)C(N)CCCN(CCN)CCN)ccc21.Cc1ccc(C(F)(F)F)cc1. The van der Waals surface area contributed by atoms with Gasteiger partial charge in [-0.2, -0.15) is 13.2 Å². The van der Waals surface area contributed by atoms with Gasteiger partial charge in [-0.15, -0.1) is 0 Å². The lowest BCUT2D eigenvalue weighted by molar-refractivity contribution is -0.137. The van der Waals surface area contributed by atoms with E-state index in [-0.39, 0.29) is 18.4 Å². The van der Waals surface area contributed by atoms with E-state index in [2.05, 4.69) is 15.5 Å². The van der Waals surface area contributed by atoms with Crippen LogP contribution in [0.5, 0.6) is 0 Å². The van der Waals surface area contributed by atoms with Crippen LogP contribution in [0.4, 0.5) is 18.9 Å². The molecule has 2 aromatic rings. The molecule has 2 amide bonds. The van der Waals surface area contributed by atoms with Gasteiger partial charge in [-0.3, -0.25) is 9.59 Å². The zero-order chi connectivity index (χ0) is 31.5. The first-order valence-corrected chi connectivity index (χ1v) is 13.8. The van der Waals surface area contributed by atoms with Gasteiger partial charge in [0, 0.05) is 31.9 Å². The Balaban J connectivity index is 0.000000468. The van der Waals surface area contributed by atoms with E-state index in [0.717, 1.165) is 49.3 Å². The highest BCUT2D eigenvalue weighted by atomic mass is 19.4. The number of nitrogens with zero attached hydrogens (tertiary/aromatic N) is 1. The first kappa shape index (κ1) is 35.2. The number of halogens is 3. The van der Waals surface area contributed by atoms with Crippen LogP contribution in [-0.4, -0.2) is 74.2 Å². The van der Waals surface area contributed by atoms with Crippen molar-refractivity contribution in [2.24, 2.45) is 17.2 Å². The molecule has 9 N–H and O–H groups in total. The second-order valence-electron chi connectivity index (χ2n) is 10.6. The van der Waals surface area contributed by atoms with Crippen LogP contribution in [0.2, 0.25) is 0 Å². The number of nitrogens with one attached hydrogen (secondary N) is 2. The number of alkyl halides is 3. The summed E-state index contributed by atoms with van der Waals surface area (Å²) in [7, 11) is -1.04. The number of fused-ring (bicyclic) bond motifs is 1. The molecule has 10 nitrogen and oxygen atoms in total. The molecule has 0 bridgehead atoms. The lowest BCUT2D eigenvalue weighted by atomic mass is 9.78. The molecule has 0 aromatic heterocycles. The van der Waals surface area contributed by atoms with Crippen LogP contribution < -0.4 is 33.3 Å². The molecule has 0 aliphatic carbocycles. The zero-order valence-corrected chi connectivity index (χ0v) is 24.3. The molecule has 3 rings (SSSR count). The second-order valence-corrected chi connectivity index (χ2v) is 10.6. The lowest BCUT2D eigenvalue weighted by Crippen LogP contribution is -2.44. The van der Waals surface area contributed by atoms with Gasteiger partial charge < -0.3 is 42.4 Å². The van der Waals surface area contributed by atoms with Gasteiger partial charge in [-0.05, 0) is 75.4 Å². The van der Waals surface area contributed by atoms with Gasteiger partial charge in [0.15, 0.2) is 0 Å². The van der Waals surface area contributed by atoms with Gasteiger partial charge in [0.2, 0.25) is 11.8 Å². The van der Waals surface area contributed by atoms with Crippen LogP contribution in [-0.2, 0) is 26.0 Å².